The van der Waals surface area contributed by atoms with E-state index in [1.165, 1.54) is 57.1 Å². The minimum atomic E-state index is -3.88. The predicted octanol–water partition coefficient (Wildman–Crippen LogP) is 8.36. The van der Waals surface area contributed by atoms with Gasteiger partial charge in [0.05, 0.1) is 32.3 Å². The Morgan fingerprint density at radius 3 is 1.27 bits per heavy atom. The van der Waals surface area contributed by atoms with Gasteiger partial charge in [0.15, 0.2) is 0 Å². The van der Waals surface area contributed by atoms with Crippen LogP contribution < -0.4 is 19.2 Å². The van der Waals surface area contributed by atoms with Crippen LogP contribution in [0.3, 0.4) is 0 Å². The Morgan fingerprint density at radius 2 is 0.922 bits per heavy atom. The van der Waals surface area contributed by atoms with Crippen LogP contribution in [0.2, 0.25) is 10.0 Å². The lowest BCUT2D eigenvalue weighted by Crippen LogP contribution is -2.29. The van der Waals surface area contributed by atoms with Crippen molar-refractivity contribution in [1.29, 1.82) is 0 Å². The molecular weight excluding hydrogens is 918 g/mol. The van der Waals surface area contributed by atoms with E-state index in [9.17, 15) is 44.8 Å². The molecule has 2 aliphatic rings. The van der Waals surface area contributed by atoms with Gasteiger partial charge in [0.1, 0.15) is 11.6 Å². The quantitative estimate of drug-likeness (QED) is 0.103. The van der Waals surface area contributed by atoms with Crippen molar-refractivity contribution in [2.75, 3.05) is 32.3 Å². The second-order valence-corrected chi connectivity index (χ2v) is 18.8. The fourth-order valence-corrected chi connectivity index (χ4v) is 10.5. The Kier molecular flexibility index (Phi) is 12.8. The van der Waals surface area contributed by atoms with Crippen molar-refractivity contribution in [3.63, 3.8) is 0 Å². The van der Waals surface area contributed by atoms with Gasteiger partial charge in [-0.05, 0) is 121 Å². The lowest BCUT2D eigenvalue weighted by atomic mass is 10.1. The maximum atomic E-state index is 13.9. The average molecular weight is 950 g/mol. The Labute approximate surface area is 374 Å². The standard InChI is InChI=1S/2C22H16ClFN2O5S/c2*23-15-2-1-3-17(11-15)32(30,31)26-9-8-13-4-5-14(10-20(13)26)21(27)25-16-6-7-18(22(28)29)19(24)12-16/h2*1-7,10-12H,8-9H2,(H,25,27)(H,28,29). The number of anilines is 4. The van der Waals surface area contributed by atoms with E-state index in [1.807, 2.05) is 0 Å². The Balaban J connectivity index is 0.000000191. The number of carboxylic acid groups (broad SMARTS) is 2. The Bertz CT molecular complexity index is 2930. The summed E-state index contributed by atoms with van der Waals surface area (Å²) in [5, 5.41) is 23.4. The minimum absolute atomic E-state index is 0.0432. The number of rotatable bonds is 10. The first-order valence-corrected chi connectivity index (χ1v) is 22.5. The molecule has 64 heavy (non-hydrogen) atoms. The van der Waals surface area contributed by atoms with E-state index in [2.05, 4.69) is 10.6 Å². The maximum Gasteiger partial charge on any atom is 0.338 e. The monoisotopic (exact) mass is 948 g/mol. The van der Waals surface area contributed by atoms with Crippen LogP contribution in [0.4, 0.5) is 31.5 Å². The highest BCUT2D eigenvalue weighted by Crippen LogP contribution is 2.36. The number of nitrogens with zero attached hydrogens (tertiary/aromatic N) is 2. The molecule has 2 aliphatic heterocycles. The van der Waals surface area contributed by atoms with Crippen molar-refractivity contribution in [3.05, 3.63) is 176 Å². The highest BCUT2D eigenvalue weighted by molar-refractivity contribution is 7.93. The third-order valence-corrected chi connectivity index (χ3v) is 14.2. The molecule has 2 amide bonds. The fraction of sp³-hybridized carbons (Fsp3) is 0.0909. The van der Waals surface area contributed by atoms with E-state index in [0.29, 0.717) is 34.3 Å². The molecule has 0 aliphatic carbocycles. The summed E-state index contributed by atoms with van der Waals surface area (Å²) in [5.74, 6) is -5.99. The van der Waals surface area contributed by atoms with E-state index < -0.39 is 66.6 Å². The van der Waals surface area contributed by atoms with E-state index in [0.717, 1.165) is 35.4 Å². The summed E-state index contributed by atoms with van der Waals surface area (Å²) in [7, 11) is -7.77. The third-order valence-electron chi connectivity index (χ3n) is 10.1. The molecule has 4 N–H and O–H groups in total. The summed E-state index contributed by atoms with van der Waals surface area (Å²) in [5.41, 5.74) is 1.75. The predicted molar refractivity (Wildman–Crippen MR) is 235 cm³/mol. The van der Waals surface area contributed by atoms with Gasteiger partial charge < -0.3 is 20.8 Å². The van der Waals surface area contributed by atoms with Crippen molar-refractivity contribution in [1.82, 2.24) is 0 Å². The summed E-state index contributed by atoms with van der Waals surface area (Å²) < 4.78 is 82.7. The number of sulfonamides is 2. The zero-order valence-electron chi connectivity index (χ0n) is 32.8. The van der Waals surface area contributed by atoms with E-state index >= 15 is 0 Å². The van der Waals surface area contributed by atoms with E-state index in [-0.39, 0.29) is 45.4 Å². The largest absolute Gasteiger partial charge is 0.478 e. The number of hydrogen-bond acceptors (Lipinski definition) is 8. The van der Waals surface area contributed by atoms with Gasteiger partial charge in [-0.3, -0.25) is 18.2 Å². The molecule has 0 saturated carbocycles. The van der Waals surface area contributed by atoms with Crippen molar-refractivity contribution in [3.8, 4) is 0 Å². The topological polar surface area (TPSA) is 208 Å². The smallest absolute Gasteiger partial charge is 0.338 e. The first-order chi connectivity index (χ1) is 30.3. The number of fused-ring (bicyclic) bond motifs is 2. The fourth-order valence-electron chi connectivity index (χ4n) is 6.93. The van der Waals surface area contributed by atoms with Gasteiger partial charge in [0.2, 0.25) is 0 Å². The number of carbonyl (C=O) groups excluding carboxylic acids is 2. The Hall–Kier alpha value is -6.86. The molecule has 0 saturated heterocycles. The number of aromatic carboxylic acids is 2. The van der Waals surface area contributed by atoms with Crippen molar-refractivity contribution < 1.29 is 55.0 Å². The molecule has 6 aromatic carbocycles. The van der Waals surface area contributed by atoms with Gasteiger partial charge in [0, 0.05) is 45.6 Å². The summed E-state index contributed by atoms with van der Waals surface area (Å²) >= 11 is 11.9. The van der Waals surface area contributed by atoms with Crippen LogP contribution in [0.1, 0.15) is 52.6 Å². The second-order valence-electron chi connectivity index (χ2n) is 14.2. The van der Waals surface area contributed by atoms with E-state index in [4.69, 9.17) is 33.4 Å². The second kappa shape index (κ2) is 18.1. The lowest BCUT2D eigenvalue weighted by Gasteiger charge is -2.20. The molecule has 0 unspecified atom stereocenters. The van der Waals surface area contributed by atoms with Crippen LogP contribution in [0, 0.1) is 11.6 Å². The summed E-state index contributed by atoms with van der Waals surface area (Å²) in [6.45, 7) is 0.439. The van der Waals surface area contributed by atoms with Gasteiger partial charge in [-0.25, -0.2) is 35.2 Å². The molecule has 0 aromatic heterocycles. The van der Waals surface area contributed by atoms with Gasteiger partial charge in [-0.1, -0.05) is 47.5 Å². The van der Waals surface area contributed by atoms with Gasteiger partial charge >= 0.3 is 11.9 Å². The molecule has 0 atom stereocenters. The SMILES string of the molecule is O=C(Nc1ccc(C(=O)O)c(F)c1)c1ccc2c(c1)N(S(=O)(=O)c1cccc(Cl)c1)CC2.O=C(Nc1ccc(C(=O)O)c(F)c1)c1ccc2c(c1)N(S(=O)(=O)c1cccc(Cl)c1)CC2. The number of carboxylic acids is 2. The molecule has 0 fully saturated rings. The molecule has 0 radical (unpaired) electrons. The first kappa shape index (κ1) is 45.2. The molecule has 8 rings (SSSR count). The molecule has 20 heteroatoms. The zero-order chi connectivity index (χ0) is 46.1. The van der Waals surface area contributed by atoms with Gasteiger partial charge in [0.25, 0.3) is 31.9 Å². The maximum absolute atomic E-state index is 13.9. The van der Waals surface area contributed by atoms with Crippen LogP contribution >= 0.6 is 23.2 Å². The number of carbonyl (C=O) groups is 4. The van der Waals surface area contributed by atoms with Crippen molar-refractivity contribution in [2.45, 2.75) is 22.6 Å². The van der Waals surface area contributed by atoms with Crippen LogP contribution in [0.25, 0.3) is 0 Å². The molecule has 0 spiro atoms. The lowest BCUT2D eigenvalue weighted by molar-refractivity contribution is 0.0680. The van der Waals surface area contributed by atoms with Crippen molar-refractivity contribution >= 4 is 89.8 Å². The molecule has 14 nitrogen and oxygen atoms in total. The zero-order valence-corrected chi connectivity index (χ0v) is 35.9. The number of nitrogens with one attached hydrogen (secondary N) is 2. The number of halogens is 4. The van der Waals surface area contributed by atoms with Crippen molar-refractivity contribution in [2.24, 2.45) is 0 Å². The number of hydrogen-bond donors (Lipinski definition) is 4. The van der Waals surface area contributed by atoms with E-state index in [1.54, 1.807) is 48.5 Å². The number of benzene rings is 6. The highest BCUT2D eigenvalue weighted by atomic mass is 35.5. The summed E-state index contributed by atoms with van der Waals surface area (Å²) in [6.07, 6.45) is 0.970. The molecular formula is C44H32Cl2F2N4O10S2. The average Bonchev–Trinajstić information content (AvgIpc) is 3.89. The Morgan fingerprint density at radius 1 is 0.531 bits per heavy atom. The summed E-state index contributed by atoms with van der Waals surface area (Å²) in [4.78, 5) is 47.3. The van der Waals surface area contributed by atoms with Crippen LogP contribution in [0.5, 0.6) is 0 Å². The normalized spacial score (nSPS) is 13.0. The van der Waals surface area contributed by atoms with Crippen LogP contribution in [0.15, 0.2) is 131 Å². The van der Waals surface area contributed by atoms with Gasteiger partial charge in [-0.15, -0.1) is 0 Å². The molecule has 0 bridgehead atoms. The van der Waals surface area contributed by atoms with Crippen LogP contribution in [-0.4, -0.2) is 63.9 Å². The highest BCUT2D eigenvalue weighted by Gasteiger charge is 2.33. The summed E-state index contributed by atoms with van der Waals surface area (Å²) in [6, 6.07) is 27.7. The third kappa shape index (κ3) is 9.40. The van der Waals surface area contributed by atoms with Crippen LogP contribution in [-0.2, 0) is 32.9 Å². The molecule has 328 valence electrons. The number of amides is 2. The first-order valence-electron chi connectivity index (χ1n) is 18.8. The molecule has 6 aromatic rings. The molecule has 2 heterocycles. The minimum Gasteiger partial charge on any atom is -0.478 e. The van der Waals surface area contributed by atoms with Gasteiger partial charge in [-0.2, -0.15) is 0 Å².